The number of rotatable bonds is 2. The first kappa shape index (κ1) is 10.5. The molecule has 0 radical (unpaired) electrons. The fourth-order valence-electron chi connectivity index (χ4n) is 1.77. The van der Waals surface area contributed by atoms with Crippen LogP contribution >= 0.6 is 11.6 Å². The molecule has 0 aliphatic heterocycles. The van der Waals surface area contributed by atoms with Crippen molar-refractivity contribution in [1.82, 2.24) is 4.98 Å². The summed E-state index contributed by atoms with van der Waals surface area (Å²) in [6.07, 6.45) is 2.56. The van der Waals surface area contributed by atoms with Gasteiger partial charge in [0, 0.05) is 28.5 Å². The summed E-state index contributed by atoms with van der Waals surface area (Å²) < 4.78 is 0. The zero-order chi connectivity index (χ0) is 11.1. The van der Waals surface area contributed by atoms with E-state index in [1.54, 1.807) is 0 Å². The average Bonchev–Trinajstić information content (AvgIpc) is 2.45. The molecular weight excluding hydrogens is 210 g/mol. The van der Waals surface area contributed by atoms with Gasteiger partial charge < -0.3 is 10.1 Å². The summed E-state index contributed by atoms with van der Waals surface area (Å²) in [5.74, 6) is 0. The molecule has 0 unspecified atom stereocenters. The van der Waals surface area contributed by atoms with Gasteiger partial charge in [-0.05, 0) is 31.5 Å². The molecule has 0 atom stereocenters. The molecule has 80 valence electrons. The number of aromatic amines is 1. The molecule has 2 aromatic rings. The molecule has 0 bridgehead atoms. The molecule has 0 amide bonds. The Morgan fingerprint density at radius 3 is 2.80 bits per heavy atom. The third kappa shape index (κ3) is 2.33. The fourth-order valence-corrected chi connectivity index (χ4v) is 1.94. The van der Waals surface area contributed by atoms with Gasteiger partial charge in [-0.3, -0.25) is 0 Å². The Balaban J connectivity index is 2.45. The van der Waals surface area contributed by atoms with Crippen LogP contribution in [0.5, 0.6) is 0 Å². The molecule has 2 rings (SSSR count). The Morgan fingerprint density at radius 2 is 2.13 bits per heavy atom. The first-order chi connectivity index (χ1) is 6.96. The molecule has 0 saturated heterocycles. The summed E-state index contributed by atoms with van der Waals surface area (Å²) in [5.41, 5.74) is 1.45. The summed E-state index contributed by atoms with van der Waals surface area (Å²) >= 11 is 5.89. The molecule has 1 heterocycles. The van der Waals surface area contributed by atoms with Crippen LogP contribution in [0.1, 0.15) is 19.4 Å². The highest BCUT2D eigenvalue weighted by Gasteiger charge is 2.16. The number of hydrogen-bond acceptors (Lipinski definition) is 1. The first-order valence-electron chi connectivity index (χ1n) is 4.94. The van der Waals surface area contributed by atoms with Crippen LogP contribution in [-0.2, 0) is 6.42 Å². The van der Waals surface area contributed by atoms with Gasteiger partial charge in [0.1, 0.15) is 0 Å². The number of aliphatic hydroxyl groups is 1. The first-order valence-corrected chi connectivity index (χ1v) is 5.31. The van der Waals surface area contributed by atoms with Crippen molar-refractivity contribution < 1.29 is 5.11 Å². The quantitative estimate of drug-likeness (QED) is 0.806. The van der Waals surface area contributed by atoms with Crippen molar-refractivity contribution in [2.75, 3.05) is 0 Å². The van der Waals surface area contributed by atoms with Crippen LogP contribution in [0.3, 0.4) is 0 Å². The summed E-state index contributed by atoms with van der Waals surface area (Å²) in [6, 6.07) is 5.74. The fraction of sp³-hybridized carbons (Fsp3) is 0.333. The van der Waals surface area contributed by atoms with Crippen LogP contribution < -0.4 is 0 Å². The highest BCUT2D eigenvalue weighted by atomic mass is 35.5. The lowest BCUT2D eigenvalue weighted by Gasteiger charge is -2.15. The molecule has 15 heavy (non-hydrogen) atoms. The Bertz CT molecular complexity index is 482. The van der Waals surface area contributed by atoms with E-state index in [1.165, 1.54) is 0 Å². The SMILES string of the molecule is CC(C)(O)Cc1c[nH]c2cc(Cl)ccc12. The van der Waals surface area contributed by atoms with Gasteiger partial charge in [0.15, 0.2) is 0 Å². The summed E-state index contributed by atoms with van der Waals surface area (Å²) in [6.45, 7) is 3.61. The van der Waals surface area contributed by atoms with Gasteiger partial charge in [-0.2, -0.15) is 0 Å². The maximum atomic E-state index is 9.76. The number of fused-ring (bicyclic) bond motifs is 1. The molecule has 2 nitrogen and oxygen atoms in total. The van der Waals surface area contributed by atoms with E-state index in [1.807, 2.05) is 38.2 Å². The van der Waals surface area contributed by atoms with Crippen LogP contribution in [0.25, 0.3) is 10.9 Å². The van der Waals surface area contributed by atoms with E-state index >= 15 is 0 Å². The lowest BCUT2D eigenvalue weighted by molar-refractivity contribution is 0.0813. The molecular formula is C12H14ClNO. The maximum Gasteiger partial charge on any atom is 0.0632 e. The van der Waals surface area contributed by atoms with Crippen LogP contribution in [0.4, 0.5) is 0 Å². The minimum absolute atomic E-state index is 0.634. The van der Waals surface area contributed by atoms with E-state index in [0.717, 1.165) is 21.5 Å². The number of halogens is 1. The zero-order valence-electron chi connectivity index (χ0n) is 8.84. The van der Waals surface area contributed by atoms with Crippen molar-refractivity contribution in [1.29, 1.82) is 0 Å². The minimum atomic E-state index is -0.686. The van der Waals surface area contributed by atoms with Crippen molar-refractivity contribution in [2.45, 2.75) is 25.9 Å². The van der Waals surface area contributed by atoms with Crippen LogP contribution in [0.15, 0.2) is 24.4 Å². The second kappa shape index (κ2) is 3.54. The van der Waals surface area contributed by atoms with Crippen molar-refractivity contribution in [3.63, 3.8) is 0 Å². The number of H-pyrrole nitrogens is 1. The molecule has 0 aliphatic rings. The zero-order valence-corrected chi connectivity index (χ0v) is 9.60. The summed E-state index contributed by atoms with van der Waals surface area (Å²) in [5, 5.41) is 11.6. The third-order valence-corrected chi connectivity index (χ3v) is 2.59. The standard InChI is InChI=1S/C12H14ClNO/c1-12(2,15)6-8-7-14-11-5-9(13)3-4-10(8)11/h3-5,7,14-15H,6H2,1-2H3. The van der Waals surface area contributed by atoms with Crippen LogP contribution in [0.2, 0.25) is 5.02 Å². The van der Waals surface area contributed by atoms with Crippen molar-refractivity contribution in [3.8, 4) is 0 Å². The molecule has 0 spiro atoms. The minimum Gasteiger partial charge on any atom is -0.390 e. The summed E-state index contributed by atoms with van der Waals surface area (Å²) in [4.78, 5) is 3.16. The predicted molar refractivity (Wildman–Crippen MR) is 63.3 cm³/mol. The van der Waals surface area contributed by atoms with Gasteiger partial charge in [0.05, 0.1) is 5.60 Å². The molecule has 2 N–H and O–H groups in total. The van der Waals surface area contributed by atoms with Crippen molar-refractivity contribution >= 4 is 22.5 Å². The number of nitrogens with one attached hydrogen (secondary N) is 1. The predicted octanol–water partition coefficient (Wildman–Crippen LogP) is 3.13. The smallest absolute Gasteiger partial charge is 0.0632 e. The highest BCUT2D eigenvalue weighted by molar-refractivity contribution is 6.31. The van der Waals surface area contributed by atoms with Gasteiger partial charge >= 0.3 is 0 Å². The molecule has 0 fully saturated rings. The average molecular weight is 224 g/mol. The van der Waals surface area contributed by atoms with Gasteiger partial charge in [0.25, 0.3) is 0 Å². The number of aromatic nitrogens is 1. The molecule has 0 saturated carbocycles. The Labute approximate surface area is 93.9 Å². The topological polar surface area (TPSA) is 36.0 Å². The normalized spacial score (nSPS) is 12.3. The van der Waals surface area contributed by atoms with E-state index in [-0.39, 0.29) is 0 Å². The lowest BCUT2D eigenvalue weighted by Crippen LogP contribution is -2.21. The monoisotopic (exact) mass is 223 g/mol. The van der Waals surface area contributed by atoms with E-state index < -0.39 is 5.60 Å². The Hall–Kier alpha value is -0.990. The van der Waals surface area contributed by atoms with E-state index in [0.29, 0.717) is 6.42 Å². The van der Waals surface area contributed by atoms with Crippen LogP contribution in [0, 0.1) is 0 Å². The third-order valence-electron chi connectivity index (χ3n) is 2.35. The molecule has 1 aromatic heterocycles. The lowest BCUT2D eigenvalue weighted by atomic mass is 9.98. The van der Waals surface area contributed by atoms with Crippen molar-refractivity contribution in [2.24, 2.45) is 0 Å². The second-order valence-corrected chi connectivity index (χ2v) is 4.93. The second-order valence-electron chi connectivity index (χ2n) is 4.49. The largest absolute Gasteiger partial charge is 0.390 e. The number of benzene rings is 1. The van der Waals surface area contributed by atoms with E-state index in [2.05, 4.69) is 4.98 Å². The Kier molecular flexibility index (Phi) is 2.49. The summed E-state index contributed by atoms with van der Waals surface area (Å²) in [7, 11) is 0. The van der Waals surface area contributed by atoms with Gasteiger partial charge in [-0.25, -0.2) is 0 Å². The van der Waals surface area contributed by atoms with Crippen molar-refractivity contribution in [3.05, 3.63) is 35.0 Å². The van der Waals surface area contributed by atoms with E-state index in [9.17, 15) is 5.11 Å². The van der Waals surface area contributed by atoms with Crippen LogP contribution in [-0.4, -0.2) is 15.7 Å². The van der Waals surface area contributed by atoms with Gasteiger partial charge in [-0.15, -0.1) is 0 Å². The molecule has 1 aromatic carbocycles. The maximum absolute atomic E-state index is 9.76. The molecule has 0 aliphatic carbocycles. The highest BCUT2D eigenvalue weighted by Crippen LogP contribution is 2.24. The molecule has 3 heteroatoms. The number of hydrogen-bond donors (Lipinski definition) is 2. The van der Waals surface area contributed by atoms with E-state index in [4.69, 9.17) is 11.6 Å². The van der Waals surface area contributed by atoms with Gasteiger partial charge in [-0.1, -0.05) is 17.7 Å². The Morgan fingerprint density at radius 1 is 1.40 bits per heavy atom. The van der Waals surface area contributed by atoms with Gasteiger partial charge in [0.2, 0.25) is 0 Å².